The van der Waals surface area contributed by atoms with Gasteiger partial charge in [-0.05, 0) is 67.9 Å². The molecule has 1 aliphatic carbocycles. The maximum absolute atomic E-state index is 13.1. The molecule has 2 aliphatic rings. The molecule has 0 spiro atoms. The third kappa shape index (κ3) is 4.33. The fourth-order valence-electron chi connectivity index (χ4n) is 4.31. The minimum absolute atomic E-state index is 0.0869. The molecular weight excluding hydrogens is 418 g/mol. The number of carbonyl (C=O) groups excluding carboxylic acids is 1. The van der Waals surface area contributed by atoms with E-state index in [2.05, 4.69) is 5.32 Å². The van der Waals surface area contributed by atoms with Gasteiger partial charge in [-0.3, -0.25) is 14.9 Å². The molecule has 8 nitrogen and oxygen atoms in total. The predicted molar refractivity (Wildman–Crippen MR) is 116 cm³/mol. The van der Waals surface area contributed by atoms with E-state index in [1.807, 2.05) is 6.07 Å². The molecule has 2 aromatic carbocycles. The van der Waals surface area contributed by atoms with Crippen molar-refractivity contribution in [2.75, 3.05) is 18.4 Å². The molecule has 1 fully saturated rings. The van der Waals surface area contributed by atoms with Gasteiger partial charge in [-0.25, -0.2) is 8.42 Å². The van der Waals surface area contributed by atoms with E-state index in [1.165, 1.54) is 22.0 Å². The van der Waals surface area contributed by atoms with Crippen LogP contribution in [-0.2, 0) is 27.7 Å². The number of fused-ring (bicyclic) bond motifs is 1. The van der Waals surface area contributed by atoms with Crippen LogP contribution in [0.2, 0.25) is 0 Å². The number of nitrogens with zero attached hydrogens (tertiary/aromatic N) is 2. The number of hydrogen-bond donors (Lipinski definition) is 1. The van der Waals surface area contributed by atoms with Gasteiger partial charge in [-0.15, -0.1) is 0 Å². The Morgan fingerprint density at radius 1 is 1.10 bits per heavy atom. The van der Waals surface area contributed by atoms with Crippen LogP contribution >= 0.6 is 0 Å². The summed E-state index contributed by atoms with van der Waals surface area (Å²) in [6.45, 7) is 2.31. The van der Waals surface area contributed by atoms with E-state index in [0.29, 0.717) is 23.4 Å². The summed E-state index contributed by atoms with van der Waals surface area (Å²) < 4.78 is 27.6. The third-order valence-electron chi connectivity index (χ3n) is 6.22. The number of nitrogens with one attached hydrogen (secondary N) is 1. The normalized spacial score (nSPS) is 17.3. The summed E-state index contributed by atoms with van der Waals surface area (Å²) in [5, 5.41) is 13.8. The Hall–Kier alpha value is -2.78. The molecule has 1 aliphatic heterocycles. The Kier molecular flexibility index (Phi) is 5.81. The molecule has 2 aromatic rings. The van der Waals surface area contributed by atoms with Crippen molar-refractivity contribution in [2.45, 2.75) is 43.9 Å². The lowest BCUT2D eigenvalue weighted by Crippen LogP contribution is -2.41. The minimum Gasteiger partial charge on any atom is -0.325 e. The molecule has 0 bridgehead atoms. The maximum Gasteiger partial charge on any atom is 0.271 e. The number of amides is 1. The zero-order valence-electron chi connectivity index (χ0n) is 17.3. The number of nitro groups is 1. The monoisotopic (exact) mass is 443 g/mol. The van der Waals surface area contributed by atoms with Crippen molar-refractivity contribution in [3.63, 3.8) is 0 Å². The average Bonchev–Trinajstić information content (AvgIpc) is 3.23. The van der Waals surface area contributed by atoms with Gasteiger partial charge >= 0.3 is 0 Å². The quantitative estimate of drug-likeness (QED) is 0.562. The number of piperidine rings is 1. The number of hydrogen-bond acceptors (Lipinski definition) is 5. The van der Waals surface area contributed by atoms with E-state index in [0.717, 1.165) is 30.4 Å². The summed E-state index contributed by atoms with van der Waals surface area (Å²) in [6.07, 6.45) is 3.79. The van der Waals surface area contributed by atoms with E-state index in [9.17, 15) is 23.3 Å². The van der Waals surface area contributed by atoms with Gasteiger partial charge in [-0.1, -0.05) is 12.1 Å². The SMILES string of the molecule is Cc1ccc([N+](=O)[O-])cc1NC(=O)C1CCN(S(=O)(=O)c2ccc3c(c2)CCC3)CC1. The Morgan fingerprint density at radius 3 is 2.52 bits per heavy atom. The molecule has 0 aromatic heterocycles. The summed E-state index contributed by atoms with van der Waals surface area (Å²) in [5.41, 5.74) is 3.40. The van der Waals surface area contributed by atoms with Crippen LogP contribution in [0.25, 0.3) is 0 Å². The fraction of sp³-hybridized carbons (Fsp3) is 0.409. The lowest BCUT2D eigenvalue weighted by atomic mass is 9.97. The molecule has 0 radical (unpaired) electrons. The highest BCUT2D eigenvalue weighted by Gasteiger charge is 2.33. The molecule has 0 saturated carbocycles. The van der Waals surface area contributed by atoms with Crippen molar-refractivity contribution < 1.29 is 18.1 Å². The first-order valence-corrected chi connectivity index (χ1v) is 11.9. The largest absolute Gasteiger partial charge is 0.325 e. The second kappa shape index (κ2) is 8.39. The number of benzene rings is 2. The molecule has 1 heterocycles. The molecule has 164 valence electrons. The van der Waals surface area contributed by atoms with Crippen molar-refractivity contribution in [1.82, 2.24) is 4.31 Å². The van der Waals surface area contributed by atoms with Gasteiger partial charge in [0.1, 0.15) is 0 Å². The van der Waals surface area contributed by atoms with Crippen LogP contribution in [0.4, 0.5) is 11.4 Å². The van der Waals surface area contributed by atoms with Gasteiger partial charge in [0.25, 0.3) is 5.69 Å². The molecule has 4 rings (SSSR count). The number of aryl methyl sites for hydroxylation is 3. The highest BCUT2D eigenvalue weighted by atomic mass is 32.2. The number of rotatable bonds is 5. The van der Waals surface area contributed by atoms with Crippen LogP contribution in [-0.4, -0.2) is 36.6 Å². The van der Waals surface area contributed by atoms with Crippen molar-refractivity contribution in [2.24, 2.45) is 5.92 Å². The summed E-state index contributed by atoms with van der Waals surface area (Å²) in [4.78, 5) is 23.5. The fourth-order valence-corrected chi connectivity index (χ4v) is 5.83. The summed E-state index contributed by atoms with van der Waals surface area (Å²) in [7, 11) is -3.59. The first-order chi connectivity index (χ1) is 14.8. The van der Waals surface area contributed by atoms with E-state index in [-0.39, 0.29) is 30.6 Å². The van der Waals surface area contributed by atoms with Crippen LogP contribution in [0.15, 0.2) is 41.3 Å². The zero-order chi connectivity index (χ0) is 22.2. The second-order valence-electron chi connectivity index (χ2n) is 8.21. The average molecular weight is 444 g/mol. The van der Waals surface area contributed by atoms with Crippen LogP contribution in [0.3, 0.4) is 0 Å². The molecule has 1 saturated heterocycles. The first kappa shape index (κ1) is 21.5. The van der Waals surface area contributed by atoms with Crippen molar-refractivity contribution in [3.8, 4) is 0 Å². The molecule has 0 unspecified atom stereocenters. The third-order valence-corrected chi connectivity index (χ3v) is 8.12. The number of anilines is 1. The van der Waals surface area contributed by atoms with E-state index in [4.69, 9.17) is 0 Å². The molecule has 1 amide bonds. The predicted octanol–water partition coefficient (Wildman–Crippen LogP) is 3.43. The first-order valence-electron chi connectivity index (χ1n) is 10.4. The summed E-state index contributed by atoms with van der Waals surface area (Å²) in [6, 6.07) is 9.73. The topological polar surface area (TPSA) is 110 Å². The van der Waals surface area contributed by atoms with Crippen LogP contribution in [0.1, 0.15) is 36.0 Å². The van der Waals surface area contributed by atoms with Gasteiger partial charge in [0, 0.05) is 31.1 Å². The van der Waals surface area contributed by atoms with Crippen LogP contribution < -0.4 is 5.32 Å². The Bertz CT molecular complexity index is 1140. The molecule has 1 N–H and O–H groups in total. The lowest BCUT2D eigenvalue weighted by molar-refractivity contribution is -0.384. The highest BCUT2D eigenvalue weighted by Crippen LogP contribution is 2.29. The standard InChI is InChI=1S/C22H25N3O5S/c1-15-5-7-19(25(27)28)14-21(15)23-22(26)17-9-11-24(12-10-17)31(29,30)20-8-6-16-3-2-4-18(16)13-20/h5-8,13-14,17H,2-4,9-12H2,1H3,(H,23,26). The number of non-ortho nitro benzene ring substituents is 1. The van der Waals surface area contributed by atoms with Crippen LogP contribution in [0.5, 0.6) is 0 Å². The van der Waals surface area contributed by atoms with Crippen LogP contribution in [0, 0.1) is 23.0 Å². The smallest absolute Gasteiger partial charge is 0.271 e. The molecule has 9 heteroatoms. The summed E-state index contributed by atoms with van der Waals surface area (Å²) in [5.74, 6) is -0.580. The maximum atomic E-state index is 13.1. The van der Waals surface area contributed by atoms with E-state index >= 15 is 0 Å². The molecular formula is C22H25N3O5S. The van der Waals surface area contributed by atoms with Crippen molar-refractivity contribution in [3.05, 3.63) is 63.2 Å². The number of nitro benzene ring substituents is 1. The van der Waals surface area contributed by atoms with E-state index < -0.39 is 14.9 Å². The minimum atomic E-state index is -3.59. The van der Waals surface area contributed by atoms with Crippen molar-refractivity contribution >= 4 is 27.3 Å². The second-order valence-corrected chi connectivity index (χ2v) is 10.1. The van der Waals surface area contributed by atoms with Gasteiger partial charge in [-0.2, -0.15) is 4.31 Å². The number of carbonyl (C=O) groups is 1. The Labute approximate surface area is 181 Å². The Balaban J connectivity index is 1.41. The van der Waals surface area contributed by atoms with E-state index in [1.54, 1.807) is 25.1 Å². The Morgan fingerprint density at radius 2 is 1.81 bits per heavy atom. The number of sulfonamides is 1. The van der Waals surface area contributed by atoms with Gasteiger partial charge in [0.15, 0.2) is 0 Å². The highest BCUT2D eigenvalue weighted by molar-refractivity contribution is 7.89. The van der Waals surface area contributed by atoms with Gasteiger partial charge in [0.2, 0.25) is 15.9 Å². The van der Waals surface area contributed by atoms with Gasteiger partial charge in [0.05, 0.1) is 15.5 Å². The molecule has 0 atom stereocenters. The zero-order valence-corrected chi connectivity index (χ0v) is 18.2. The van der Waals surface area contributed by atoms with Gasteiger partial charge < -0.3 is 5.32 Å². The lowest BCUT2D eigenvalue weighted by Gasteiger charge is -2.30. The van der Waals surface area contributed by atoms with Crippen molar-refractivity contribution in [1.29, 1.82) is 0 Å². The molecule has 31 heavy (non-hydrogen) atoms. The summed E-state index contributed by atoms with van der Waals surface area (Å²) >= 11 is 0.